The van der Waals surface area contributed by atoms with E-state index in [1.807, 2.05) is 0 Å². The molecule has 1 aliphatic carbocycles. The molecule has 2 rings (SSSR count). The Morgan fingerprint density at radius 2 is 2.11 bits per heavy atom. The molecular formula is C13H19FN4. The molecule has 0 heterocycles. The van der Waals surface area contributed by atoms with Crippen molar-refractivity contribution in [3.05, 3.63) is 29.6 Å². The Morgan fingerprint density at radius 3 is 2.72 bits per heavy atom. The minimum atomic E-state index is -0.212. The minimum absolute atomic E-state index is 0.212. The van der Waals surface area contributed by atoms with E-state index in [9.17, 15) is 4.39 Å². The number of anilines is 1. The van der Waals surface area contributed by atoms with Crippen molar-refractivity contribution in [2.75, 3.05) is 5.32 Å². The SMILES string of the molecule is Cc1cc(NC(=NC2CCCC2)NN)ccc1F. The average molecular weight is 250 g/mol. The Balaban J connectivity index is 2.07. The summed E-state index contributed by atoms with van der Waals surface area (Å²) >= 11 is 0. The van der Waals surface area contributed by atoms with E-state index in [4.69, 9.17) is 5.84 Å². The Kier molecular flexibility index (Phi) is 4.15. The maximum absolute atomic E-state index is 13.1. The fourth-order valence-corrected chi connectivity index (χ4v) is 2.18. The van der Waals surface area contributed by atoms with Crippen LogP contribution in [0.5, 0.6) is 0 Å². The van der Waals surface area contributed by atoms with Gasteiger partial charge < -0.3 is 5.32 Å². The van der Waals surface area contributed by atoms with Gasteiger partial charge in [0, 0.05) is 5.69 Å². The maximum atomic E-state index is 13.1. The highest BCUT2D eigenvalue weighted by Gasteiger charge is 2.14. The summed E-state index contributed by atoms with van der Waals surface area (Å²) in [5.74, 6) is 5.77. The van der Waals surface area contributed by atoms with Crippen molar-refractivity contribution in [1.29, 1.82) is 0 Å². The molecule has 98 valence electrons. The van der Waals surface area contributed by atoms with Crippen LogP contribution in [0, 0.1) is 12.7 Å². The molecule has 0 amide bonds. The van der Waals surface area contributed by atoms with E-state index in [0.717, 1.165) is 18.5 Å². The van der Waals surface area contributed by atoms with Crippen molar-refractivity contribution in [2.24, 2.45) is 10.8 Å². The molecule has 1 saturated carbocycles. The lowest BCUT2D eigenvalue weighted by molar-refractivity contribution is 0.619. The molecule has 5 heteroatoms. The van der Waals surface area contributed by atoms with E-state index in [2.05, 4.69) is 15.7 Å². The summed E-state index contributed by atoms with van der Waals surface area (Å²) < 4.78 is 13.1. The smallest absolute Gasteiger partial charge is 0.210 e. The topological polar surface area (TPSA) is 62.4 Å². The van der Waals surface area contributed by atoms with E-state index in [1.54, 1.807) is 19.1 Å². The second-order valence-electron chi connectivity index (χ2n) is 4.65. The third-order valence-corrected chi connectivity index (χ3v) is 3.19. The highest BCUT2D eigenvalue weighted by atomic mass is 19.1. The van der Waals surface area contributed by atoms with Crippen molar-refractivity contribution < 1.29 is 4.39 Å². The molecule has 0 bridgehead atoms. The molecule has 1 aromatic rings. The van der Waals surface area contributed by atoms with Crippen LogP contribution in [0.4, 0.5) is 10.1 Å². The molecule has 1 aromatic carbocycles. The summed E-state index contributed by atoms with van der Waals surface area (Å²) in [5, 5.41) is 3.07. The van der Waals surface area contributed by atoms with Crippen LogP contribution in [0.1, 0.15) is 31.2 Å². The minimum Gasteiger partial charge on any atom is -0.325 e. The highest BCUT2D eigenvalue weighted by molar-refractivity contribution is 5.93. The Labute approximate surface area is 106 Å². The number of nitrogens with zero attached hydrogens (tertiary/aromatic N) is 1. The van der Waals surface area contributed by atoms with Crippen molar-refractivity contribution in [3.63, 3.8) is 0 Å². The molecule has 0 aromatic heterocycles. The average Bonchev–Trinajstić information content (AvgIpc) is 2.86. The first kappa shape index (κ1) is 12.8. The van der Waals surface area contributed by atoms with Gasteiger partial charge in [0.15, 0.2) is 0 Å². The zero-order valence-electron chi connectivity index (χ0n) is 10.5. The summed E-state index contributed by atoms with van der Waals surface area (Å²) in [5.41, 5.74) is 3.93. The van der Waals surface area contributed by atoms with Crippen LogP contribution in [-0.4, -0.2) is 12.0 Å². The molecule has 0 saturated heterocycles. The Bertz CT molecular complexity index is 439. The lowest BCUT2D eigenvalue weighted by Crippen LogP contribution is -2.37. The third kappa shape index (κ3) is 3.20. The molecule has 4 nitrogen and oxygen atoms in total. The number of hydrazine groups is 1. The van der Waals surface area contributed by atoms with E-state index < -0.39 is 0 Å². The molecule has 4 N–H and O–H groups in total. The van der Waals surface area contributed by atoms with Crippen LogP contribution in [0.2, 0.25) is 0 Å². The van der Waals surface area contributed by atoms with Gasteiger partial charge in [-0.3, -0.25) is 5.43 Å². The van der Waals surface area contributed by atoms with Crippen LogP contribution in [0.25, 0.3) is 0 Å². The summed E-state index contributed by atoms with van der Waals surface area (Å²) in [6.07, 6.45) is 4.66. The van der Waals surface area contributed by atoms with Gasteiger partial charge >= 0.3 is 0 Å². The second-order valence-corrected chi connectivity index (χ2v) is 4.65. The van der Waals surface area contributed by atoms with Gasteiger partial charge in [0.25, 0.3) is 0 Å². The summed E-state index contributed by atoms with van der Waals surface area (Å²) in [6, 6.07) is 5.17. The first-order chi connectivity index (χ1) is 8.69. The van der Waals surface area contributed by atoms with E-state index in [0.29, 0.717) is 17.6 Å². The van der Waals surface area contributed by atoms with Gasteiger partial charge in [-0.15, -0.1) is 0 Å². The molecule has 1 fully saturated rings. The lowest BCUT2D eigenvalue weighted by atomic mass is 10.2. The van der Waals surface area contributed by atoms with E-state index in [1.165, 1.54) is 18.9 Å². The van der Waals surface area contributed by atoms with Crippen molar-refractivity contribution in [1.82, 2.24) is 5.43 Å². The van der Waals surface area contributed by atoms with E-state index >= 15 is 0 Å². The van der Waals surface area contributed by atoms with Gasteiger partial charge in [0.1, 0.15) is 5.82 Å². The number of halogens is 1. The normalized spacial score (nSPS) is 16.9. The quantitative estimate of drug-likeness (QED) is 0.327. The standard InChI is InChI=1S/C13H19FN4/c1-9-8-11(6-7-12(9)14)17-13(18-15)16-10-4-2-3-5-10/h6-8,10H,2-5,15H2,1H3,(H2,16,17,18). The molecule has 0 radical (unpaired) electrons. The fraction of sp³-hybridized carbons (Fsp3) is 0.462. The van der Waals surface area contributed by atoms with Crippen LogP contribution < -0.4 is 16.6 Å². The Morgan fingerprint density at radius 1 is 1.39 bits per heavy atom. The summed E-state index contributed by atoms with van der Waals surface area (Å²) in [6.45, 7) is 1.73. The van der Waals surface area contributed by atoms with Gasteiger partial charge in [-0.05, 0) is 43.5 Å². The van der Waals surface area contributed by atoms with Crippen molar-refractivity contribution in [3.8, 4) is 0 Å². The molecule has 0 atom stereocenters. The fourth-order valence-electron chi connectivity index (χ4n) is 2.18. The maximum Gasteiger partial charge on any atom is 0.210 e. The van der Waals surface area contributed by atoms with Crippen molar-refractivity contribution in [2.45, 2.75) is 38.6 Å². The predicted molar refractivity (Wildman–Crippen MR) is 71.8 cm³/mol. The molecule has 0 unspecified atom stereocenters. The highest BCUT2D eigenvalue weighted by Crippen LogP contribution is 2.21. The predicted octanol–water partition coefficient (Wildman–Crippen LogP) is 2.31. The number of nitrogens with two attached hydrogens (primary N) is 1. The monoisotopic (exact) mass is 250 g/mol. The number of aryl methyl sites for hydroxylation is 1. The summed E-state index contributed by atoms with van der Waals surface area (Å²) in [4.78, 5) is 4.52. The van der Waals surface area contributed by atoms with E-state index in [-0.39, 0.29) is 5.82 Å². The van der Waals surface area contributed by atoms with Gasteiger partial charge in [0.2, 0.25) is 5.96 Å². The number of aliphatic imine (C=N–C) groups is 1. The number of nitrogens with one attached hydrogen (secondary N) is 2. The van der Waals surface area contributed by atoms with Gasteiger partial charge in [-0.2, -0.15) is 0 Å². The van der Waals surface area contributed by atoms with Gasteiger partial charge in [0.05, 0.1) is 6.04 Å². The molecule has 0 aliphatic heterocycles. The third-order valence-electron chi connectivity index (χ3n) is 3.19. The number of hydrogen-bond donors (Lipinski definition) is 3. The van der Waals surface area contributed by atoms with Crippen molar-refractivity contribution >= 4 is 11.6 Å². The number of benzene rings is 1. The molecule has 1 aliphatic rings. The lowest BCUT2D eigenvalue weighted by Gasteiger charge is -2.12. The van der Waals surface area contributed by atoms with Crippen LogP contribution >= 0.6 is 0 Å². The van der Waals surface area contributed by atoms with Crippen LogP contribution in [0.15, 0.2) is 23.2 Å². The van der Waals surface area contributed by atoms with Gasteiger partial charge in [-0.1, -0.05) is 12.8 Å². The zero-order chi connectivity index (χ0) is 13.0. The molecular weight excluding hydrogens is 231 g/mol. The number of guanidine groups is 1. The molecule has 0 spiro atoms. The molecule has 18 heavy (non-hydrogen) atoms. The van der Waals surface area contributed by atoms with Gasteiger partial charge in [-0.25, -0.2) is 15.2 Å². The number of hydrogen-bond acceptors (Lipinski definition) is 2. The summed E-state index contributed by atoms with van der Waals surface area (Å²) in [7, 11) is 0. The zero-order valence-corrected chi connectivity index (χ0v) is 10.5. The first-order valence-corrected chi connectivity index (χ1v) is 6.26. The number of rotatable bonds is 2. The largest absolute Gasteiger partial charge is 0.325 e. The first-order valence-electron chi connectivity index (χ1n) is 6.26. The van der Waals surface area contributed by atoms with Crippen LogP contribution in [0.3, 0.4) is 0 Å². The second kappa shape index (κ2) is 5.82. The Hall–Kier alpha value is -1.62. The van der Waals surface area contributed by atoms with Crippen LogP contribution in [-0.2, 0) is 0 Å².